The number of likely N-dealkylation sites (tertiary alicyclic amines) is 1. The molecule has 2 aromatic heterocycles. The number of hydrogen-bond donors (Lipinski definition) is 1. The van der Waals surface area contributed by atoms with E-state index in [0.717, 1.165) is 66.3 Å². The van der Waals surface area contributed by atoms with Crippen molar-refractivity contribution in [3.05, 3.63) is 75.7 Å². The SMILES string of the molecule is Cc1ccc(C2(C)Oc3cccc(C4CCN(Cc5nc6sc(C(=O)O)cc6n5CC5CCO5)CC4)c3O2)c(F)c1. The number of nitrogens with zero attached hydrogens (tertiary/aromatic N) is 3. The van der Waals surface area contributed by atoms with E-state index in [0.29, 0.717) is 40.9 Å². The van der Waals surface area contributed by atoms with Gasteiger partial charge in [0.25, 0.3) is 5.79 Å². The number of aryl methyl sites for hydroxylation is 1. The molecule has 41 heavy (non-hydrogen) atoms. The largest absolute Gasteiger partial charge is 0.477 e. The van der Waals surface area contributed by atoms with Gasteiger partial charge in [0.2, 0.25) is 0 Å². The van der Waals surface area contributed by atoms with Gasteiger partial charge < -0.3 is 23.9 Å². The van der Waals surface area contributed by atoms with E-state index in [4.69, 9.17) is 19.2 Å². The van der Waals surface area contributed by atoms with Gasteiger partial charge >= 0.3 is 5.97 Å². The average molecular weight is 578 g/mol. The van der Waals surface area contributed by atoms with E-state index in [1.54, 1.807) is 19.1 Å². The Bertz CT molecular complexity index is 1640. The van der Waals surface area contributed by atoms with Crippen molar-refractivity contribution in [2.75, 3.05) is 19.7 Å². The number of carboxylic acids is 1. The third-order valence-corrected chi connectivity index (χ3v) is 9.54. The Morgan fingerprint density at radius 3 is 2.68 bits per heavy atom. The zero-order chi connectivity index (χ0) is 28.3. The highest BCUT2D eigenvalue weighted by Gasteiger charge is 2.43. The number of carboxylic acid groups (broad SMARTS) is 1. The summed E-state index contributed by atoms with van der Waals surface area (Å²) in [5.74, 6) is 0.119. The second-order valence-corrected chi connectivity index (χ2v) is 12.4. The fourth-order valence-corrected chi connectivity index (χ4v) is 7.08. The van der Waals surface area contributed by atoms with Gasteiger partial charge in [-0.3, -0.25) is 4.90 Å². The summed E-state index contributed by atoms with van der Waals surface area (Å²) in [6.07, 6.45) is 3.04. The van der Waals surface area contributed by atoms with Crippen molar-refractivity contribution >= 4 is 27.7 Å². The number of ether oxygens (including phenoxy) is 3. The van der Waals surface area contributed by atoms with Crippen LogP contribution in [0.3, 0.4) is 0 Å². The van der Waals surface area contributed by atoms with Crippen LogP contribution in [0.1, 0.15) is 64.3 Å². The topological polar surface area (TPSA) is 86.1 Å². The molecule has 0 radical (unpaired) electrons. The molecule has 0 bridgehead atoms. The molecule has 3 aliphatic rings. The van der Waals surface area contributed by atoms with Gasteiger partial charge in [-0.25, -0.2) is 14.2 Å². The fourth-order valence-electron chi connectivity index (χ4n) is 6.19. The molecule has 2 fully saturated rings. The van der Waals surface area contributed by atoms with Gasteiger partial charge in [-0.1, -0.05) is 18.2 Å². The lowest BCUT2D eigenvalue weighted by Gasteiger charge is -2.33. The molecular formula is C31H32FN3O5S. The molecule has 0 aliphatic carbocycles. The Morgan fingerprint density at radius 1 is 1.17 bits per heavy atom. The maximum Gasteiger partial charge on any atom is 0.346 e. The van der Waals surface area contributed by atoms with E-state index < -0.39 is 11.8 Å². The van der Waals surface area contributed by atoms with E-state index in [-0.39, 0.29) is 11.9 Å². The van der Waals surface area contributed by atoms with Gasteiger partial charge in [0.05, 0.1) is 30.3 Å². The van der Waals surface area contributed by atoms with Gasteiger partial charge in [-0.05, 0) is 75.0 Å². The highest BCUT2D eigenvalue weighted by Crippen LogP contribution is 2.49. The fraction of sp³-hybridized carbons (Fsp3) is 0.419. The van der Waals surface area contributed by atoms with Crippen LogP contribution in [0.25, 0.3) is 10.3 Å². The van der Waals surface area contributed by atoms with Gasteiger partial charge in [0.1, 0.15) is 21.3 Å². The van der Waals surface area contributed by atoms with E-state index in [1.807, 2.05) is 25.1 Å². The van der Waals surface area contributed by atoms with Gasteiger partial charge in [-0.2, -0.15) is 0 Å². The van der Waals surface area contributed by atoms with E-state index >= 15 is 0 Å². The number of halogens is 1. The molecular weight excluding hydrogens is 545 g/mol. The van der Waals surface area contributed by atoms with Crippen LogP contribution in [0, 0.1) is 12.7 Å². The minimum absolute atomic E-state index is 0.145. The first kappa shape index (κ1) is 26.4. The van der Waals surface area contributed by atoms with Crippen molar-refractivity contribution in [2.24, 2.45) is 0 Å². The van der Waals surface area contributed by atoms with Crippen molar-refractivity contribution < 1.29 is 28.5 Å². The average Bonchev–Trinajstić information content (AvgIpc) is 3.57. The normalized spacial score (nSPS) is 22.8. The quantitative estimate of drug-likeness (QED) is 0.286. The van der Waals surface area contributed by atoms with Gasteiger partial charge in [0.15, 0.2) is 11.5 Å². The van der Waals surface area contributed by atoms with Gasteiger partial charge in [-0.15, -0.1) is 11.3 Å². The number of para-hydroxylation sites is 1. The second kappa shape index (κ2) is 10.1. The lowest BCUT2D eigenvalue weighted by atomic mass is 9.88. The summed E-state index contributed by atoms with van der Waals surface area (Å²) in [4.78, 5) is 19.9. The predicted molar refractivity (Wildman–Crippen MR) is 152 cm³/mol. The first-order valence-corrected chi connectivity index (χ1v) is 14.9. The minimum atomic E-state index is -1.22. The summed E-state index contributed by atoms with van der Waals surface area (Å²) in [6, 6.07) is 12.8. The predicted octanol–water partition coefficient (Wildman–Crippen LogP) is 6.06. The molecule has 2 aromatic carbocycles. The summed E-state index contributed by atoms with van der Waals surface area (Å²) in [7, 11) is 0. The number of carbonyl (C=O) groups is 1. The monoisotopic (exact) mass is 577 g/mol. The zero-order valence-electron chi connectivity index (χ0n) is 23.1. The van der Waals surface area contributed by atoms with Crippen LogP contribution < -0.4 is 9.47 Å². The molecule has 7 rings (SSSR count). The molecule has 1 N–H and O–H groups in total. The summed E-state index contributed by atoms with van der Waals surface area (Å²) < 4.78 is 35.3. The van der Waals surface area contributed by atoms with Crippen molar-refractivity contribution in [1.29, 1.82) is 0 Å². The molecule has 4 aromatic rings. The molecule has 5 heterocycles. The van der Waals surface area contributed by atoms with Crippen LogP contribution in [-0.2, 0) is 23.6 Å². The Balaban J connectivity index is 1.07. The lowest BCUT2D eigenvalue weighted by Crippen LogP contribution is -2.35. The lowest BCUT2D eigenvalue weighted by molar-refractivity contribution is -0.0712. The number of rotatable bonds is 7. The van der Waals surface area contributed by atoms with Gasteiger partial charge in [0, 0.05) is 19.1 Å². The van der Waals surface area contributed by atoms with E-state index in [2.05, 4.69) is 15.5 Å². The molecule has 0 amide bonds. The van der Waals surface area contributed by atoms with Crippen LogP contribution in [0.5, 0.6) is 11.5 Å². The number of aromatic carboxylic acids is 1. The first-order valence-electron chi connectivity index (χ1n) is 14.1. The van der Waals surface area contributed by atoms with E-state index in [1.165, 1.54) is 17.4 Å². The number of thiophene rings is 1. The number of hydrogen-bond acceptors (Lipinski definition) is 7. The number of piperidine rings is 1. The summed E-state index contributed by atoms with van der Waals surface area (Å²) in [5.41, 5.74) is 3.21. The maximum atomic E-state index is 14.9. The molecule has 2 unspecified atom stereocenters. The van der Waals surface area contributed by atoms with Crippen molar-refractivity contribution in [3.63, 3.8) is 0 Å². The minimum Gasteiger partial charge on any atom is -0.477 e. The highest BCUT2D eigenvalue weighted by atomic mass is 32.1. The Labute approximate surface area is 241 Å². The summed E-state index contributed by atoms with van der Waals surface area (Å²) in [6.45, 7) is 7.56. The molecule has 3 aliphatic heterocycles. The molecule has 0 spiro atoms. The zero-order valence-corrected chi connectivity index (χ0v) is 23.9. The molecule has 214 valence electrons. The van der Waals surface area contributed by atoms with Crippen LogP contribution in [0.15, 0.2) is 42.5 Å². The summed E-state index contributed by atoms with van der Waals surface area (Å²) in [5, 5.41) is 9.46. The van der Waals surface area contributed by atoms with Crippen LogP contribution in [0.2, 0.25) is 0 Å². The molecule has 8 nitrogen and oxygen atoms in total. The number of benzene rings is 2. The molecule has 2 saturated heterocycles. The highest BCUT2D eigenvalue weighted by molar-refractivity contribution is 7.20. The standard InChI is InChI=1S/C31H32FN3O5S/c1-18-6-7-22(23(32)14-18)31(2)39-25-5-3-4-21(28(25)40-31)19-8-11-34(12-9-19)17-27-33-29-24(15-26(41-29)30(36)37)35(27)16-20-10-13-38-20/h3-7,14-15,19-20H,8-13,16-17H2,1-2H3,(H,36,37). The van der Waals surface area contributed by atoms with Crippen LogP contribution in [-0.4, -0.2) is 51.3 Å². The maximum absolute atomic E-state index is 14.9. The number of imidazole rings is 1. The molecule has 10 heteroatoms. The Morgan fingerprint density at radius 2 is 1.98 bits per heavy atom. The van der Waals surface area contributed by atoms with Crippen LogP contribution in [0.4, 0.5) is 4.39 Å². The van der Waals surface area contributed by atoms with Crippen molar-refractivity contribution in [1.82, 2.24) is 14.5 Å². The second-order valence-electron chi connectivity index (χ2n) is 11.4. The van der Waals surface area contributed by atoms with Crippen LogP contribution >= 0.6 is 11.3 Å². The first-order chi connectivity index (χ1) is 19.8. The number of fused-ring (bicyclic) bond motifs is 2. The Hall–Kier alpha value is -3.47. The smallest absolute Gasteiger partial charge is 0.346 e. The van der Waals surface area contributed by atoms with Crippen molar-refractivity contribution in [3.8, 4) is 11.5 Å². The third kappa shape index (κ3) is 4.77. The summed E-state index contributed by atoms with van der Waals surface area (Å²) >= 11 is 1.22. The molecule has 2 atom stereocenters. The molecule has 0 saturated carbocycles. The van der Waals surface area contributed by atoms with Crippen molar-refractivity contribution in [2.45, 2.75) is 64.0 Å². The Kier molecular flexibility index (Phi) is 6.52. The number of aromatic nitrogens is 2. The third-order valence-electron chi connectivity index (χ3n) is 8.53. The van der Waals surface area contributed by atoms with E-state index in [9.17, 15) is 14.3 Å².